The third-order valence-corrected chi connectivity index (χ3v) is 9.06. The van der Waals surface area contributed by atoms with E-state index in [0.717, 1.165) is 11.6 Å². The Bertz CT molecular complexity index is 2140. The molecule has 12 nitrogen and oxygen atoms in total. The van der Waals surface area contributed by atoms with Gasteiger partial charge in [0.25, 0.3) is 5.69 Å². The summed E-state index contributed by atoms with van der Waals surface area (Å²) in [6.45, 7) is -0.00902. The zero-order chi connectivity index (χ0) is 31.7. The van der Waals surface area contributed by atoms with Crippen LogP contribution in [0.15, 0.2) is 66.7 Å². The first-order valence-corrected chi connectivity index (χ1v) is 14.7. The number of aromatic nitrogens is 2. The monoisotopic (exact) mass is 639 g/mol. The van der Waals surface area contributed by atoms with E-state index in [1.165, 1.54) is 12.1 Å². The van der Waals surface area contributed by atoms with E-state index in [2.05, 4.69) is 0 Å². The normalized spacial score (nSPS) is 21.0. The van der Waals surface area contributed by atoms with Crippen molar-refractivity contribution in [1.82, 2.24) is 9.97 Å². The van der Waals surface area contributed by atoms with Crippen molar-refractivity contribution in [2.75, 3.05) is 20.5 Å². The SMILES string of the molecule is COc1cc([C@@H]2c3cc4c(cc3[C@@H](OC(=O)c3ccc(Cl)c([N+](=O)[O-])c3)[C@H]3COC(=O)[C@H]23)OCO4)cc2nc3ccccc3nc12. The number of rotatable bonds is 5. The molecule has 1 aliphatic carbocycles. The molecule has 3 aliphatic rings. The van der Waals surface area contributed by atoms with Crippen molar-refractivity contribution in [2.45, 2.75) is 12.0 Å². The molecule has 4 atom stereocenters. The van der Waals surface area contributed by atoms with Crippen molar-refractivity contribution in [1.29, 1.82) is 0 Å². The van der Waals surface area contributed by atoms with Gasteiger partial charge in [-0.25, -0.2) is 14.8 Å². The first-order valence-electron chi connectivity index (χ1n) is 14.3. The molecular weight excluding hydrogens is 618 g/mol. The van der Waals surface area contributed by atoms with Crippen molar-refractivity contribution in [2.24, 2.45) is 11.8 Å². The molecule has 0 spiro atoms. The number of fused-ring (bicyclic) bond motifs is 5. The maximum atomic E-state index is 13.5. The lowest BCUT2D eigenvalue weighted by atomic mass is 9.66. The van der Waals surface area contributed by atoms with Crippen molar-refractivity contribution >= 4 is 51.3 Å². The molecule has 46 heavy (non-hydrogen) atoms. The van der Waals surface area contributed by atoms with Gasteiger partial charge >= 0.3 is 11.9 Å². The second-order valence-corrected chi connectivity index (χ2v) is 11.6. The fraction of sp³-hybridized carbons (Fsp3) is 0.212. The summed E-state index contributed by atoms with van der Waals surface area (Å²) in [4.78, 5) is 47.4. The van der Waals surface area contributed by atoms with Gasteiger partial charge in [0.15, 0.2) is 11.5 Å². The first kappa shape index (κ1) is 28.0. The molecule has 0 unspecified atom stereocenters. The molecule has 0 radical (unpaired) electrons. The van der Waals surface area contributed by atoms with Gasteiger partial charge in [-0.3, -0.25) is 14.9 Å². The number of ether oxygens (including phenoxy) is 5. The van der Waals surface area contributed by atoms with E-state index in [9.17, 15) is 19.7 Å². The second kappa shape index (κ2) is 10.6. The molecule has 1 fully saturated rings. The molecule has 0 saturated carbocycles. The first-order chi connectivity index (χ1) is 22.3. The Hall–Kier alpha value is -5.49. The van der Waals surface area contributed by atoms with Gasteiger partial charge in [-0.15, -0.1) is 0 Å². The van der Waals surface area contributed by atoms with Gasteiger partial charge in [-0.1, -0.05) is 23.7 Å². The number of methoxy groups -OCH3 is 1. The number of carbonyl (C=O) groups excluding carboxylic acids is 2. The van der Waals surface area contributed by atoms with Crippen LogP contribution in [0.25, 0.3) is 22.1 Å². The fourth-order valence-electron chi connectivity index (χ4n) is 6.68. The van der Waals surface area contributed by atoms with Gasteiger partial charge in [0.05, 0.1) is 46.7 Å². The minimum Gasteiger partial charge on any atom is -0.494 e. The molecule has 4 aromatic carbocycles. The number of benzene rings is 4. The van der Waals surface area contributed by atoms with Gasteiger partial charge in [0, 0.05) is 23.5 Å². The van der Waals surface area contributed by atoms with Crippen molar-refractivity contribution < 1.29 is 38.2 Å². The summed E-state index contributed by atoms with van der Waals surface area (Å²) in [5.41, 5.74) is 4.06. The molecule has 0 bridgehead atoms. The van der Waals surface area contributed by atoms with Crippen molar-refractivity contribution in [3.8, 4) is 17.2 Å². The summed E-state index contributed by atoms with van der Waals surface area (Å²) < 4.78 is 28.8. The van der Waals surface area contributed by atoms with Crippen LogP contribution < -0.4 is 14.2 Å². The number of carbonyl (C=O) groups is 2. The zero-order valence-electron chi connectivity index (χ0n) is 24.0. The van der Waals surface area contributed by atoms with Crippen LogP contribution in [0.4, 0.5) is 5.69 Å². The Morgan fingerprint density at radius 2 is 1.70 bits per heavy atom. The third kappa shape index (κ3) is 4.36. The minimum atomic E-state index is -0.953. The smallest absolute Gasteiger partial charge is 0.339 e. The number of halogens is 1. The van der Waals surface area contributed by atoms with E-state index in [4.69, 9.17) is 45.3 Å². The molecule has 1 saturated heterocycles. The van der Waals surface area contributed by atoms with Crippen LogP contribution in [0.3, 0.4) is 0 Å². The Kier molecular flexibility index (Phi) is 6.43. The maximum absolute atomic E-state index is 13.5. The summed E-state index contributed by atoms with van der Waals surface area (Å²) in [7, 11) is 1.55. The van der Waals surface area contributed by atoms with Crippen molar-refractivity contribution in [3.63, 3.8) is 0 Å². The van der Waals surface area contributed by atoms with Gasteiger partial charge in [-0.2, -0.15) is 0 Å². The Balaban J connectivity index is 1.29. The highest BCUT2D eigenvalue weighted by atomic mass is 35.5. The Labute approximate surface area is 264 Å². The van der Waals surface area contributed by atoms with Crippen LogP contribution in [0.1, 0.15) is 39.1 Å². The molecule has 0 N–H and O–H groups in total. The molecule has 0 amide bonds. The fourth-order valence-corrected chi connectivity index (χ4v) is 6.86. The lowest BCUT2D eigenvalue weighted by molar-refractivity contribution is -0.384. The summed E-state index contributed by atoms with van der Waals surface area (Å²) in [5, 5.41) is 11.4. The van der Waals surface area contributed by atoms with Gasteiger partial charge in [0.2, 0.25) is 6.79 Å². The average molecular weight is 640 g/mol. The third-order valence-electron chi connectivity index (χ3n) is 8.74. The van der Waals surface area contributed by atoms with Crippen LogP contribution in [0.5, 0.6) is 17.2 Å². The van der Waals surface area contributed by atoms with E-state index in [0.29, 0.717) is 50.4 Å². The summed E-state index contributed by atoms with van der Waals surface area (Å²) in [6, 6.07) is 18.5. The molecule has 2 aliphatic heterocycles. The largest absolute Gasteiger partial charge is 0.494 e. The van der Waals surface area contributed by atoms with Gasteiger partial charge in [0.1, 0.15) is 22.4 Å². The molecule has 13 heteroatoms. The minimum absolute atomic E-state index is 0.00312. The predicted octanol–water partition coefficient (Wildman–Crippen LogP) is 5.91. The lowest BCUT2D eigenvalue weighted by Gasteiger charge is -2.38. The number of cyclic esters (lactones) is 1. The number of nitro groups is 1. The number of para-hydroxylation sites is 2. The molecule has 1 aromatic heterocycles. The summed E-state index contributed by atoms with van der Waals surface area (Å²) >= 11 is 5.97. The predicted molar refractivity (Wildman–Crippen MR) is 162 cm³/mol. The van der Waals surface area contributed by atoms with Crippen LogP contribution in [0.2, 0.25) is 5.02 Å². The van der Waals surface area contributed by atoms with E-state index >= 15 is 0 Å². The molecule has 5 aromatic rings. The quantitative estimate of drug-likeness (QED) is 0.0976. The summed E-state index contributed by atoms with van der Waals surface area (Å²) in [5.74, 6) is -1.79. The molecule has 8 rings (SSSR count). The maximum Gasteiger partial charge on any atom is 0.339 e. The van der Waals surface area contributed by atoms with E-state index in [-0.39, 0.29) is 24.0 Å². The highest BCUT2D eigenvalue weighted by Gasteiger charge is 2.54. The Morgan fingerprint density at radius 1 is 0.957 bits per heavy atom. The van der Waals surface area contributed by atoms with Crippen LogP contribution >= 0.6 is 11.6 Å². The molecule has 230 valence electrons. The average Bonchev–Trinajstić information content (AvgIpc) is 3.68. The number of nitrogens with zero attached hydrogens (tertiary/aromatic N) is 3. The van der Waals surface area contributed by atoms with Crippen LogP contribution in [0, 0.1) is 22.0 Å². The standard InChI is InChI=1S/C33H22ClN3O9/c1-42-27-10-16(8-23-30(27)36-22-5-3-2-4-21(22)35-23)28-17-11-25-26(45-14-44-25)12-18(17)31(19-13-43-33(39)29(19)28)46-32(38)15-6-7-20(34)24(9-15)37(40)41/h2-12,19,28-29,31H,13-14H2,1H3/t19-,28+,29-,31+/m0/s1. The molecular formula is C33H22ClN3O9. The lowest BCUT2D eigenvalue weighted by Crippen LogP contribution is -2.36. The summed E-state index contributed by atoms with van der Waals surface area (Å²) in [6.07, 6.45) is -0.953. The van der Waals surface area contributed by atoms with Crippen molar-refractivity contribution in [3.05, 3.63) is 104 Å². The van der Waals surface area contributed by atoms with E-state index in [1.807, 2.05) is 36.4 Å². The van der Waals surface area contributed by atoms with E-state index < -0.39 is 46.4 Å². The zero-order valence-corrected chi connectivity index (χ0v) is 24.7. The Morgan fingerprint density at radius 3 is 2.43 bits per heavy atom. The van der Waals surface area contributed by atoms with E-state index in [1.54, 1.807) is 19.2 Å². The number of esters is 2. The van der Waals surface area contributed by atoms with Crippen LogP contribution in [-0.2, 0) is 14.3 Å². The number of hydrogen-bond acceptors (Lipinski definition) is 11. The van der Waals surface area contributed by atoms with Gasteiger partial charge in [-0.05, 0) is 59.7 Å². The number of nitro benzene ring substituents is 1. The highest BCUT2D eigenvalue weighted by Crippen LogP contribution is 2.56. The topological polar surface area (TPSA) is 149 Å². The number of hydrogen-bond donors (Lipinski definition) is 0. The highest BCUT2D eigenvalue weighted by molar-refractivity contribution is 6.32. The second-order valence-electron chi connectivity index (χ2n) is 11.2. The van der Waals surface area contributed by atoms with Gasteiger partial charge < -0.3 is 23.7 Å². The van der Waals surface area contributed by atoms with Crippen LogP contribution in [-0.4, -0.2) is 47.3 Å². The molecule has 3 heterocycles.